The lowest BCUT2D eigenvalue weighted by Crippen LogP contribution is -2.19. The molecule has 0 aliphatic rings. The Balaban J connectivity index is 3.61. The van der Waals surface area contributed by atoms with Crippen LogP contribution >= 0.6 is 0 Å². The number of hydrogen-bond acceptors (Lipinski definition) is 4. The summed E-state index contributed by atoms with van der Waals surface area (Å²) in [6.07, 6.45) is 0.304. The predicted molar refractivity (Wildman–Crippen MR) is 42.2 cm³/mol. The Morgan fingerprint density at radius 1 is 1.33 bits per heavy atom. The second-order valence-corrected chi connectivity index (χ2v) is 2.42. The zero-order valence-corrected chi connectivity index (χ0v) is 7.62. The van der Waals surface area contributed by atoms with E-state index in [2.05, 4.69) is 4.74 Å². The number of ether oxygens (including phenoxy) is 2. The minimum atomic E-state index is -0.776. The van der Waals surface area contributed by atoms with E-state index in [0.29, 0.717) is 6.42 Å². The second kappa shape index (κ2) is 5.57. The first-order valence-electron chi connectivity index (χ1n) is 3.93. The molecule has 0 bridgehead atoms. The van der Waals surface area contributed by atoms with Gasteiger partial charge in [0.25, 0.3) is 0 Å². The third-order valence-corrected chi connectivity index (χ3v) is 1.08. The van der Waals surface area contributed by atoms with Gasteiger partial charge in [-0.3, -0.25) is 9.59 Å². The first-order chi connectivity index (χ1) is 5.56. The molecule has 0 aromatic heterocycles. The fourth-order valence-electron chi connectivity index (χ4n) is 0.706. The van der Waals surface area contributed by atoms with Gasteiger partial charge in [0.05, 0.1) is 0 Å². The van der Waals surface area contributed by atoms with Crippen LogP contribution in [0.1, 0.15) is 33.6 Å². The summed E-state index contributed by atoms with van der Waals surface area (Å²) in [4.78, 5) is 21.2. The van der Waals surface area contributed by atoms with E-state index in [-0.39, 0.29) is 5.97 Å². The number of carbonyl (C=O) groups is 2. The molecule has 0 heterocycles. The van der Waals surface area contributed by atoms with Gasteiger partial charge in [-0.2, -0.15) is 0 Å². The van der Waals surface area contributed by atoms with Crippen LogP contribution in [0.15, 0.2) is 0 Å². The molecular formula is C8H14O4. The van der Waals surface area contributed by atoms with Gasteiger partial charge in [0.2, 0.25) is 6.29 Å². The minimum Gasteiger partial charge on any atom is -0.426 e. The maximum Gasteiger partial charge on any atom is 0.308 e. The quantitative estimate of drug-likeness (QED) is 0.475. The third-order valence-electron chi connectivity index (χ3n) is 1.08. The summed E-state index contributed by atoms with van der Waals surface area (Å²) < 4.78 is 9.30. The molecule has 0 saturated heterocycles. The Morgan fingerprint density at radius 2 is 1.92 bits per heavy atom. The Kier molecular flexibility index (Phi) is 5.08. The number of rotatable bonds is 4. The van der Waals surface area contributed by atoms with E-state index in [4.69, 9.17) is 4.74 Å². The van der Waals surface area contributed by atoms with E-state index < -0.39 is 12.3 Å². The molecule has 0 rings (SSSR count). The van der Waals surface area contributed by atoms with Gasteiger partial charge in [0.1, 0.15) is 0 Å². The molecule has 0 amide bonds. The fraction of sp³-hybridized carbons (Fsp3) is 0.750. The van der Waals surface area contributed by atoms with Crippen molar-refractivity contribution in [3.05, 3.63) is 0 Å². The SMILES string of the molecule is CCCC(=O)OC(C)OC(C)=O. The first-order valence-corrected chi connectivity index (χ1v) is 3.93. The maximum absolute atomic E-state index is 10.8. The molecule has 0 N–H and O–H groups in total. The lowest BCUT2D eigenvalue weighted by molar-refractivity contribution is -0.182. The van der Waals surface area contributed by atoms with Crippen LogP contribution < -0.4 is 0 Å². The first kappa shape index (κ1) is 10.9. The predicted octanol–water partition coefficient (Wildman–Crippen LogP) is 1.24. The zero-order valence-electron chi connectivity index (χ0n) is 7.62. The monoisotopic (exact) mass is 174 g/mol. The summed E-state index contributed by atoms with van der Waals surface area (Å²) >= 11 is 0. The fourth-order valence-corrected chi connectivity index (χ4v) is 0.706. The standard InChI is InChI=1S/C8H14O4/c1-4-5-8(10)12-7(3)11-6(2)9/h7H,4-5H2,1-3H3. The molecule has 0 spiro atoms. The van der Waals surface area contributed by atoms with Gasteiger partial charge in [-0.15, -0.1) is 0 Å². The van der Waals surface area contributed by atoms with Crippen molar-refractivity contribution >= 4 is 11.9 Å². The Bertz CT molecular complexity index is 164. The van der Waals surface area contributed by atoms with Crippen LogP contribution in [-0.2, 0) is 19.1 Å². The van der Waals surface area contributed by atoms with Gasteiger partial charge in [0, 0.05) is 20.3 Å². The van der Waals surface area contributed by atoms with E-state index in [1.165, 1.54) is 13.8 Å². The van der Waals surface area contributed by atoms with Gasteiger partial charge in [-0.05, 0) is 6.42 Å². The lowest BCUT2D eigenvalue weighted by Gasteiger charge is -2.11. The molecule has 4 heteroatoms. The summed E-state index contributed by atoms with van der Waals surface area (Å²) in [7, 11) is 0. The Morgan fingerprint density at radius 3 is 2.33 bits per heavy atom. The number of esters is 2. The van der Waals surface area contributed by atoms with Crippen molar-refractivity contribution in [3.63, 3.8) is 0 Å². The van der Waals surface area contributed by atoms with Crippen LogP contribution in [0, 0.1) is 0 Å². The van der Waals surface area contributed by atoms with E-state index in [9.17, 15) is 9.59 Å². The van der Waals surface area contributed by atoms with Crippen LogP contribution in [0.5, 0.6) is 0 Å². The topological polar surface area (TPSA) is 52.6 Å². The van der Waals surface area contributed by atoms with E-state index in [1.54, 1.807) is 0 Å². The number of carbonyl (C=O) groups excluding carboxylic acids is 2. The summed E-state index contributed by atoms with van der Waals surface area (Å²) in [5, 5.41) is 0. The van der Waals surface area contributed by atoms with E-state index >= 15 is 0 Å². The smallest absolute Gasteiger partial charge is 0.308 e. The average Bonchev–Trinajstić information content (AvgIpc) is 1.84. The van der Waals surface area contributed by atoms with Crippen molar-refractivity contribution in [1.29, 1.82) is 0 Å². The van der Waals surface area contributed by atoms with Crippen LogP contribution in [-0.4, -0.2) is 18.2 Å². The normalized spacial score (nSPS) is 11.9. The maximum atomic E-state index is 10.8. The molecule has 0 fully saturated rings. The van der Waals surface area contributed by atoms with Gasteiger partial charge < -0.3 is 9.47 Å². The van der Waals surface area contributed by atoms with Crippen molar-refractivity contribution in [2.75, 3.05) is 0 Å². The molecule has 0 aliphatic heterocycles. The molecule has 0 saturated carbocycles. The molecule has 0 aliphatic carbocycles. The van der Waals surface area contributed by atoms with Gasteiger partial charge in [-0.25, -0.2) is 0 Å². The summed E-state index contributed by atoms with van der Waals surface area (Å²) in [6, 6.07) is 0. The molecule has 4 nitrogen and oxygen atoms in total. The minimum absolute atomic E-state index is 0.341. The van der Waals surface area contributed by atoms with Crippen LogP contribution in [0.3, 0.4) is 0 Å². The van der Waals surface area contributed by atoms with Crippen LogP contribution in [0.2, 0.25) is 0 Å². The van der Waals surface area contributed by atoms with Gasteiger partial charge in [0.15, 0.2) is 0 Å². The molecule has 0 radical (unpaired) electrons. The molecule has 0 aromatic rings. The molecule has 1 unspecified atom stereocenters. The van der Waals surface area contributed by atoms with Crippen LogP contribution in [0.25, 0.3) is 0 Å². The highest BCUT2D eigenvalue weighted by Gasteiger charge is 2.09. The lowest BCUT2D eigenvalue weighted by atomic mass is 10.3. The average molecular weight is 174 g/mol. The highest BCUT2D eigenvalue weighted by Crippen LogP contribution is 1.98. The molecule has 70 valence electrons. The van der Waals surface area contributed by atoms with Crippen molar-refractivity contribution in [3.8, 4) is 0 Å². The van der Waals surface area contributed by atoms with Gasteiger partial charge >= 0.3 is 11.9 Å². The highest BCUT2D eigenvalue weighted by molar-refractivity contribution is 5.70. The summed E-state index contributed by atoms with van der Waals surface area (Å²) in [5.74, 6) is -0.793. The largest absolute Gasteiger partial charge is 0.426 e. The van der Waals surface area contributed by atoms with E-state index in [0.717, 1.165) is 6.42 Å². The van der Waals surface area contributed by atoms with Crippen molar-refractivity contribution in [1.82, 2.24) is 0 Å². The molecule has 0 aromatic carbocycles. The number of hydrogen-bond donors (Lipinski definition) is 0. The molecule has 1 atom stereocenters. The molecular weight excluding hydrogens is 160 g/mol. The Hall–Kier alpha value is -1.06. The van der Waals surface area contributed by atoms with E-state index in [1.807, 2.05) is 6.92 Å². The zero-order chi connectivity index (χ0) is 9.56. The highest BCUT2D eigenvalue weighted by atomic mass is 16.7. The Labute approximate surface area is 71.8 Å². The van der Waals surface area contributed by atoms with Crippen molar-refractivity contribution < 1.29 is 19.1 Å². The molecule has 12 heavy (non-hydrogen) atoms. The van der Waals surface area contributed by atoms with Crippen molar-refractivity contribution in [2.24, 2.45) is 0 Å². The second-order valence-electron chi connectivity index (χ2n) is 2.42. The van der Waals surface area contributed by atoms with Gasteiger partial charge in [-0.1, -0.05) is 6.92 Å². The summed E-state index contributed by atoms with van der Waals surface area (Å²) in [5.41, 5.74) is 0. The summed E-state index contributed by atoms with van der Waals surface area (Å²) in [6.45, 7) is 4.65. The van der Waals surface area contributed by atoms with Crippen LogP contribution in [0.4, 0.5) is 0 Å². The third kappa shape index (κ3) is 5.70. The van der Waals surface area contributed by atoms with Crippen molar-refractivity contribution in [2.45, 2.75) is 39.9 Å².